The first-order chi connectivity index (χ1) is 15.1. The molecular formula is C28H41F3. The number of benzene rings is 1. The predicted molar refractivity (Wildman–Crippen MR) is 124 cm³/mol. The van der Waals surface area contributed by atoms with E-state index >= 15 is 0 Å². The van der Waals surface area contributed by atoms with Crippen molar-refractivity contribution in [3.63, 3.8) is 0 Å². The van der Waals surface area contributed by atoms with Gasteiger partial charge in [-0.15, -0.1) is 0 Å². The van der Waals surface area contributed by atoms with Gasteiger partial charge in [0.1, 0.15) is 0 Å². The molecule has 0 aliphatic heterocycles. The fourth-order valence-electron chi connectivity index (χ4n) is 5.86. The molecule has 0 saturated heterocycles. The van der Waals surface area contributed by atoms with Gasteiger partial charge in [-0.2, -0.15) is 0 Å². The second-order valence-corrected chi connectivity index (χ2v) is 10.1. The molecule has 3 rings (SSSR count). The van der Waals surface area contributed by atoms with Crippen LogP contribution in [0.4, 0.5) is 13.2 Å². The number of halogens is 3. The van der Waals surface area contributed by atoms with Gasteiger partial charge < -0.3 is 0 Å². The Balaban J connectivity index is 1.29. The molecule has 3 heteroatoms. The molecular weight excluding hydrogens is 393 g/mol. The van der Waals surface area contributed by atoms with E-state index in [0.29, 0.717) is 5.56 Å². The van der Waals surface area contributed by atoms with Gasteiger partial charge in [0, 0.05) is 0 Å². The van der Waals surface area contributed by atoms with Crippen LogP contribution in [-0.2, 0) is 0 Å². The lowest BCUT2D eigenvalue weighted by Crippen LogP contribution is -2.18. The molecule has 2 fully saturated rings. The third-order valence-corrected chi connectivity index (χ3v) is 7.91. The highest BCUT2D eigenvalue weighted by Gasteiger charge is 2.26. The molecule has 1 aromatic carbocycles. The highest BCUT2D eigenvalue weighted by molar-refractivity contribution is 5.23. The lowest BCUT2D eigenvalue weighted by atomic mass is 9.74. The Morgan fingerprint density at radius 2 is 1.23 bits per heavy atom. The van der Waals surface area contributed by atoms with Crippen molar-refractivity contribution in [3.8, 4) is 0 Å². The molecule has 0 unspecified atom stereocenters. The predicted octanol–water partition coefficient (Wildman–Crippen LogP) is 9.49. The Morgan fingerprint density at radius 3 is 1.77 bits per heavy atom. The molecule has 0 spiro atoms. The number of hydrogen-bond donors (Lipinski definition) is 0. The largest absolute Gasteiger partial charge is 0.204 e. The van der Waals surface area contributed by atoms with E-state index in [1.165, 1.54) is 76.3 Å². The Hall–Kier alpha value is -1.25. The quantitative estimate of drug-likeness (QED) is 0.195. The Kier molecular flexibility index (Phi) is 9.99. The second-order valence-electron chi connectivity index (χ2n) is 10.1. The molecule has 2 saturated carbocycles. The van der Waals surface area contributed by atoms with E-state index in [1.807, 2.05) is 0 Å². The summed E-state index contributed by atoms with van der Waals surface area (Å²) in [6, 6.07) is 2.40. The molecule has 0 aromatic heterocycles. The fraction of sp³-hybridized carbons (Fsp3) is 0.714. The zero-order valence-electron chi connectivity index (χ0n) is 19.4. The van der Waals surface area contributed by atoms with Gasteiger partial charge in [0.05, 0.1) is 0 Å². The SMILES string of the molecule is CC/C=C/CCCC[C@H]1CC[C@H](CC[C@H]2CC[C@H](c3cc(F)c(F)c(F)c3)CC2)CC1. The number of allylic oxidation sites excluding steroid dienone is 2. The monoisotopic (exact) mass is 434 g/mol. The van der Waals surface area contributed by atoms with Crippen LogP contribution in [0.3, 0.4) is 0 Å². The summed E-state index contributed by atoms with van der Waals surface area (Å²) < 4.78 is 40.3. The van der Waals surface area contributed by atoms with Crippen LogP contribution in [0.2, 0.25) is 0 Å². The summed E-state index contributed by atoms with van der Waals surface area (Å²) in [5, 5.41) is 0. The zero-order chi connectivity index (χ0) is 22.1. The number of rotatable bonds is 10. The first kappa shape index (κ1) is 24.4. The fourth-order valence-corrected chi connectivity index (χ4v) is 5.86. The zero-order valence-corrected chi connectivity index (χ0v) is 19.4. The van der Waals surface area contributed by atoms with Crippen LogP contribution in [0.15, 0.2) is 24.3 Å². The van der Waals surface area contributed by atoms with E-state index in [1.54, 1.807) is 0 Å². The van der Waals surface area contributed by atoms with E-state index in [9.17, 15) is 13.2 Å². The van der Waals surface area contributed by atoms with E-state index < -0.39 is 17.5 Å². The van der Waals surface area contributed by atoms with Crippen LogP contribution in [0.5, 0.6) is 0 Å². The minimum atomic E-state index is -1.35. The van der Waals surface area contributed by atoms with Gasteiger partial charge in [0.2, 0.25) is 0 Å². The topological polar surface area (TPSA) is 0 Å². The summed E-state index contributed by atoms with van der Waals surface area (Å²) in [6.45, 7) is 2.19. The first-order valence-corrected chi connectivity index (χ1v) is 12.9. The standard InChI is InChI=1S/C28H41F3/c1-2-3-4-5-6-7-8-21-9-11-22(12-10-21)13-14-23-15-17-24(18-16-23)25-19-26(29)28(31)27(30)20-25/h3-4,19-24H,2,5-18H2,1H3/b4-3+/t21-,22-,23-,24-. The van der Waals surface area contributed by atoms with Crippen molar-refractivity contribution in [3.05, 3.63) is 47.3 Å². The van der Waals surface area contributed by atoms with Gasteiger partial charge in [-0.05, 0) is 86.3 Å². The highest BCUT2D eigenvalue weighted by atomic mass is 19.2. The third kappa shape index (κ3) is 7.68. The maximum absolute atomic E-state index is 13.5. The van der Waals surface area contributed by atoms with Gasteiger partial charge in [-0.25, -0.2) is 13.2 Å². The highest BCUT2D eigenvalue weighted by Crippen LogP contribution is 2.40. The van der Waals surface area contributed by atoms with Gasteiger partial charge in [0.15, 0.2) is 17.5 Å². The minimum absolute atomic E-state index is 0.175. The summed E-state index contributed by atoms with van der Waals surface area (Å²) in [7, 11) is 0. The van der Waals surface area contributed by atoms with E-state index in [2.05, 4.69) is 19.1 Å². The Labute approximate surface area is 187 Å². The molecule has 0 nitrogen and oxygen atoms in total. The smallest absolute Gasteiger partial charge is 0.194 e. The third-order valence-electron chi connectivity index (χ3n) is 7.91. The molecule has 0 amide bonds. The number of unbranched alkanes of at least 4 members (excludes halogenated alkanes) is 2. The van der Waals surface area contributed by atoms with Crippen molar-refractivity contribution in [2.24, 2.45) is 17.8 Å². The van der Waals surface area contributed by atoms with Crippen molar-refractivity contribution < 1.29 is 13.2 Å². The van der Waals surface area contributed by atoms with Gasteiger partial charge in [0.25, 0.3) is 0 Å². The average Bonchev–Trinajstić information content (AvgIpc) is 2.79. The summed E-state index contributed by atoms with van der Waals surface area (Å²) in [5.41, 5.74) is 0.634. The summed E-state index contributed by atoms with van der Waals surface area (Å²) in [6.07, 6.45) is 23.7. The molecule has 2 aliphatic carbocycles. The maximum Gasteiger partial charge on any atom is 0.194 e. The molecule has 0 atom stereocenters. The summed E-state index contributed by atoms with van der Waals surface area (Å²) in [4.78, 5) is 0. The molecule has 0 radical (unpaired) electrons. The van der Waals surface area contributed by atoms with Crippen molar-refractivity contribution in [1.29, 1.82) is 0 Å². The molecule has 1 aromatic rings. The lowest BCUT2D eigenvalue weighted by Gasteiger charge is -2.32. The van der Waals surface area contributed by atoms with E-state index in [0.717, 1.165) is 49.9 Å². The molecule has 0 heterocycles. The summed E-state index contributed by atoms with van der Waals surface area (Å²) >= 11 is 0. The van der Waals surface area contributed by atoms with Crippen LogP contribution >= 0.6 is 0 Å². The Bertz CT molecular complexity index is 656. The normalized spacial score (nSPS) is 27.1. The average molecular weight is 435 g/mol. The van der Waals surface area contributed by atoms with E-state index in [-0.39, 0.29) is 5.92 Å². The van der Waals surface area contributed by atoms with Crippen molar-refractivity contribution in [2.75, 3.05) is 0 Å². The van der Waals surface area contributed by atoms with E-state index in [4.69, 9.17) is 0 Å². The van der Waals surface area contributed by atoms with Crippen LogP contribution < -0.4 is 0 Å². The molecule has 31 heavy (non-hydrogen) atoms. The molecule has 2 aliphatic rings. The van der Waals surface area contributed by atoms with Gasteiger partial charge >= 0.3 is 0 Å². The van der Waals surface area contributed by atoms with Crippen LogP contribution in [-0.4, -0.2) is 0 Å². The van der Waals surface area contributed by atoms with Crippen LogP contribution in [0.1, 0.15) is 115 Å². The minimum Gasteiger partial charge on any atom is -0.204 e. The van der Waals surface area contributed by atoms with Crippen molar-refractivity contribution >= 4 is 0 Å². The number of hydrogen-bond acceptors (Lipinski definition) is 0. The van der Waals surface area contributed by atoms with Gasteiger partial charge in [-0.1, -0.05) is 70.4 Å². The van der Waals surface area contributed by atoms with Gasteiger partial charge in [-0.3, -0.25) is 0 Å². The first-order valence-electron chi connectivity index (χ1n) is 12.9. The molecule has 174 valence electrons. The second kappa shape index (κ2) is 12.7. The maximum atomic E-state index is 13.5. The van der Waals surface area contributed by atoms with Crippen molar-refractivity contribution in [2.45, 2.75) is 109 Å². The van der Waals surface area contributed by atoms with Crippen LogP contribution in [0.25, 0.3) is 0 Å². The Morgan fingerprint density at radius 1 is 0.710 bits per heavy atom. The lowest BCUT2D eigenvalue weighted by molar-refractivity contribution is 0.222. The van der Waals surface area contributed by atoms with Crippen molar-refractivity contribution in [1.82, 2.24) is 0 Å². The summed E-state index contributed by atoms with van der Waals surface area (Å²) in [5.74, 6) is -0.674. The molecule has 0 bridgehead atoms. The van der Waals surface area contributed by atoms with Crippen LogP contribution in [0, 0.1) is 35.2 Å². The molecule has 0 N–H and O–H groups in total.